The van der Waals surface area contributed by atoms with Crippen LogP contribution in [0.1, 0.15) is 40.6 Å². The van der Waals surface area contributed by atoms with Gasteiger partial charge in [0, 0.05) is 29.8 Å². The van der Waals surface area contributed by atoms with E-state index in [2.05, 4.69) is 112 Å². The van der Waals surface area contributed by atoms with Gasteiger partial charge in [0.15, 0.2) is 0 Å². The van der Waals surface area contributed by atoms with Crippen LogP contribution >= 0.6 is 0 Å². The molecule has 4 heteroatoms. The number of nitrogens with zero attached hydrogens (tertiary/aromatic N) is 4. The van der Waals surface area contributed by atoms with Gasteiger partial charge in [-0.15, -0.1) is 5.10 Å². The van der Waals surface area contributed by atoms with E-state index in [1.807, 2.05) is 6.07 Å². The Bertz CT molecular complexity index is 1470. The van der Waals surface area contributed by atoms with Gasteiger partial charge in [0.05, 0.1) is 11.6 Å². The van der Waals surface area contributed by atoms with Crippen LogP contribution in [0.2, 0.25) is 0 Å². The number of aromatic nitrogens is 3. The minimum absolute atomic E-state index is 0.0720. The van der Waals surface area contributed by atoms with Crippen molar-refractivity contribution in [1.82, 2.24) is 15.0 Å². The summed E-state index contributed by atoms with van der Waals surface area (Å²) in [7, 11) is 0. The second-order valence-electron chi connectivity index (χ2n) is 9.81. The Balaban J connectivity index is 1.50. The van der Waals surface area contributed by atoms with Crippen molar-refractivity contribution in [3.8, 4) is 0 Å². The van der Waals surface area contributed by atoms with Crippen molar-refractivity contribution in [1.29, 1.82) is 0 Å². The molecule has 0 saturated heterocycles. The highest BCUT2D eigenvalue weighted by molar-refractivity contribution is 5.75. The van der Waals surface area contributed by atoms with Gasteiger partial charge in [0.1, 0.15) is 5.52 Å². The molecule has 0 amide bonds. The molecular formula is C31H28N4. The minimum atomic E-state index is 0.0720. The molecule has 0 aliphatic carbocycles. The van der Waals surface area contributed by atoms with Gasteiger partial charge in [-0.3, -0.25) is 0 Å². The fourth-order valence-electron chi connectivity index (χ4n) is 6.43. The van der Waals surface area contributed by atoms with Crippen LogP contribution in [0.15, 0.2) is 103 Å². The van der Waals surface area contributed by atoms with E-state index in [-0.39, 0.29) is 12.0 Å². The van der Waals surface area contributed by atoms with E-state index in [9.17, 15) is 0 Å². The number of fused-ring (bicyclic) bond motifs is 1. The Labute approximate surface area is 205 Å². The zero-order valence-electron chi connectivity index (χ0n) is 19.7. The third kappa shape index (κ3) is 3.35. The van der Waals surface area contributed by atoms with E-state index in [4.69, 9.17) is 5.21 Å². The molecule has 4 aromatic carbocycles. The van der Waals surface area contributed by atoms with Crippen LogP contribution in [0.3, 0.4) is 0 Å². The van der Waals surface area contributed by atoms with Crippen LogP contribution < -0.4 is 4.90 Å². The molecule has 0 spiro atoms. The molecule has 0 saturated carbocycles. The van der Waals surface area contributed by atoms with Gasteiger partial charge in [0.25, 0.3) is 0 Å². The predicted octanol–water partition coefficient (Wildman–Crippen LogP) is 6.18. The van der Waals surface area contributed by atoms with Crippen molar-refractivity contribution in [2.24, 2.45) is 0 Å². The first-order valence-corrected chi connectivity index (χ1v) is 12.7. The Morgan fingerprint density at radius 1 is 0.771 bits per heavy atom. The molecule has 7 rings (SSSR count). The molecule has 0 N–H and O–H groups in total. The lowest BCUT2D eigenvalue weighted by Gasteiger charge is -2.50. The second-order valence-corrected chi connectivity index (χ2v) is 9.81. The number of para-hydroxylation sites is 2. The number of rotatable bonds is 4. The summed E-state index contributed by atoms with van der Waals surface area (Å²) in [5.41, 5.74) is 9.05. The van der Waals surface area contributed by atoms with E-state index in [1.165, 1.54) is 34.4 Å². The standard InChI is InChI=1S/C31H28N4/c1-3-11-22(12-4-1)21-28-29(23-13-5-2-6-14-23)31(35-27-19-8-7-18-26(27)32-33-35)25-17-9-15-24-16-10-20-34(28)30(24)25/h1-9,11-15,17-19,28-29,31H,10,16,20-21H2/t28-,29-,31-/m0/s1. The first-order chi connectivity index (χ1) is 17.4. The lowest BCUT2D eigenvalue weighted by molar-refractivity contribution is 0.340. The van der Waals surface area contributed by atoms with Gasteiger partial charge >= 0.3 is 0 Å². The Morgan fingerprint density at radius 2 is 1.54 bits per heavy atom. The highest BCUT2D eigenvalue weighted by Crippen LogP contribution is 2.51. The lowest BCUT2D eigenvalue weighted by atomic mass is 9.73. The maximum absolute atomic E-state index is 4.78. The molecule has 0 radical (unpaired) electrons. The summed E-state index contributed by atoms with van der Waals surface area (Å²) in [5, 5.41) is 9.36. The van der Waals surface area contributed by atoms with Crippen LogP contribution in [0.4, 0.5) is 5.69 Å². The Kier molecular flexibility index (Phi) is 4.90. The first kappa shape index (κ1) is 20.5. The molecule has 5 aromatic rings. The molecule has 0 fully saturated rings. The zero-order chi connectivity index (χ0) is 23.2. The van der Waals surface area contributed by atoms with Crippen molar-refractivity contribution < 1.29 is 0 Å². The molecule has 0 bridgehead atoms. The van der Waals surface area contributed by atoms with Crippen LogP contribution in [-0.4, -0.2) is 27.6 Å². The maximum atomic E-state index is 4.78. The molecule has 35 heavy (non-hydrogen) atoms. The fourth-order valence-corrected chi connectivity index (χ4v) is 6.43. The molecule has 3 atom stereocenters. The first-order valence-electron chi connectivity index (χ1n) is 12.7. The molecule has 2 aliphatic rings. The fraction of sp³-hybridized carbons (Fsp3) is 0.226. The smallest absolute Gasteiger partial charge is 0.113 e. The Hall–Kier alpha value is -3.92. The van der Waals surface area contributed by atoms with Gasteiger partial charge in [-0.1, -0.05) is 96.2 Å². The molecule has 2 aliphatic heterocycles. The monoisotopic (exact) mass is 456 g/mol. The molecule has 4 nitrogen and oxygen atoms in total. The van der Waals surface area contributed by atoms with Crippen molar-refractivity contribution in [2.75, 3.05) is 11.4 Å². The van der Waals surface area contributed by atoms with E-state index in [0.717, 1.165) is 30.4 Å². The summed E-state index contributed by atoms with van der Waals surface area (Å²) in [6.45, 7) is 1.09. The largest absolute Gasteiger partial charge is 0.367 e. The van der Waals surface area contributed by atoms with Crippen molar-refractivity contribution in [3.05, 3.63) is 125 Å². The average molecular weight is 457 g/mol. The van der Waals surface area contributed by atoms with Crippen molar-refractivity contribution in [3.63, 3.8) is 0 Å². The molecular weight excluding hydrogens is 428 g/mol. The van der Waals surface area contributed by atoms with Gasteiger partial charge in [-0.2, -0.15) is 0 Å². The Morgan fingerprint density at radius 3 is 2.40 bits per heavy atom. The van der Waals surface area contributed by atoms with Crippen LogP contribution in [0.25, 0.3) is 11.0 Å². The van der Waals surface area contributed by atoms with E-state index >= 15 is 0 Å². The third-order valence-electron chi connectivity index (χ3n) is 7.87. The predicted molar refractivity (Wildman–Crippen MR) is 141 cm³/mol. The number of hydrogen-bond donors (Lipinski definition) is 0. The van der Waals surface area contributed by atoms with E-state index in [1.54, 1.807) is 0 Å². The van der Waals surface area contributed by atoms with Crippen molar-refractivity contribution >= 4 is 16.7 Å². The molecule has 1 aromatic heterocycles. The normalized spacial score (nSPS) is 21.1. The summed E-state index contributed by atoms with van der Waals surface area (Å²) in [4.78, 5) is 2.72. The second kappa shape index (κ2) is 8.38. The summed E-state index contributed by atoms with van der Waals surface area (Å²) in [5.74, 6) is 0.238. The maximum Gasteiger partial charge on any atom is 0.113 e. The van der Waals surface area contributed by atoms with Crippen LogP contribution in [-0.2, 0) is 12.8 Å². The van der Waals surface area contributed by atoms with Gasteiger partial charge in [-0.05, 0) is 48.1 Å². The SMILES string of the molecule is c1ccc(C[C@H]2[C@H](c3ccccc3)[C@@H](n3nnc4ccccc43)c3cccc4c3N2CCC4)cc1. The summed E-state index contributed by atoms with van der Waals surface area (Å²) in [6.07, 6.45) is 3.33. The van der Waals surface area contributed by atoms with Gasteiger partial charge in [0.2, 0.25) is 0 Å². The topological polar surface area (TPSA) is 34.0 Å². The summed E-state index contributed by atoms with van der Waals surface area (Å²) in [6, 6.07) is 37.7. The minimum Gasteiger partial charge on any atom is -0.367 e. The highest BCUT2D eigenvalue weighted by atomic mass is 15.4. The molecule has 0 unspecified atom stereocenters. The number of aryl methyl sites for hydroxylation is 1. The van der Waals surface area contributed by atoms with Gasteiger partial charge < -0.3 is 4.90 Å². The van der Waals surface area contributed by atoms with Gasteiger partial charge in [-0.25, -0.2) is 4.68 Å². The number of benzene rings is 4. The highest BCUT2D eigenvalue weighted by Gasteiger charge is 2.45. The van der Waals surface area contributed by atoms with Crippen LogP contribution in [0.5, 0.6) is 0 Å². The number of anilines is 1. The van der Waals surface area contributed by atoms with E-state index < -0.39 is 0 Å². The quantitative estimate of drug-likeness (QED) is 0.324. The summed E-state index contributed by atoms with van der Waals surface area (Å²) < 4.78 is 2.20. The van der Waals surface area contributed by atoms with E-state index in [0.29, 0.717) is 6.04 Å². The third-order valence-corrected chi connectivity index (χ3v) is 7.87. The summed E-state index contributed by atoms with van der Waals surface area (Å²) >= 11 is 0. The number of hydrogen-bond acceptors (Lipinski definition) is 3. The lowest BCUT2D eigenvalue weighted by Crippen LogP contribution is -2.51. The van der Waals surface area contributed by atoms with Crippen LogP contribution in [0, 0.1) is 0 Å². The molecule has 172 valence electrons. The average Bonchev–Trinajstić information content (AvgIpc) is 3.35. The molecule has 3 heterocycles. The van der Waals surface area contributed by atoms with Crippen molar-refractivity contribution in [2.45, 2.75) is 37.3 Å². The zero-order valence-corrected chi connectivity index (χ0v) is 19.7.